The first-order valence-corrected chi connectivity index (χ1v) is 7.21. The highest BCUT2D eigenvalue weighted by molar-refractivity contribution is 5.94. The summed E-state index contributed by atoms with van der Waals surface area (Å²) in [6.45, 7) is 0.787. The molecule has 0 aromatic heterocycles. The van der Waals surface area contributed by atoms with Gasteiger partial charge in [0.1, 0.15) is 0 Å². The summed E-state index contributed by atoms with van der Waals surface area (Å²) in [6, 6.07) is 6.24. The molecular weight excluding hydrogens is 238 g/mol. The number of amides is 2. The molecule has 0 radical (unpaired) electrons. The third kappa shape index (κ3) is 2.39. The molecule has 0 unspecified atom stereocenters. The Morgan fingerprint density at radius 3 is 2.84 bits per heavy atom. The van der Waals surface area contributed by atoms with E-state index in [0.717, 1.165) is 49.2 Å². The quantitative estimate of drug-likeness (QED) is 0.762. The zero-order valence-corrected chi connectivity index (χ0v) is 11.2. The van der Waals surface area contributed by atoms with Crippen LogP contribution in [-0.2, 0) is 6.42 Å². The lowest BCUT2D eigenvalue weighted by Crippen LogP contribution is -2.46. The number of carbonyl (C=O) groups is 1. The van der Waals surface area contributed by atoms with Crippen LogP contribution < -0.4 is 16.0 Å². The second kappa shape index (κ2) is 5.11. The Balaban J connectivity index is 1.79. The van der Waals surface area contributed by atoms with Crippen molar-refractivity contribution in [3.63, 3.8) is 0 Å². The maximum atomic E-state index is 12.4. The van der Waals surface area contributed by atoms with Gasteiger partial charge in [-0.3, -0.25) is 4.90 Å². The van der Waals surface area contributed by atoms with Gasteiger partial charge in [-0.2, -0.15) is 0 Å². The fraction of sp³-hybridized carbons (Fsp3) is 0.533. The standard InChI is InChI=1S/C15H21N3O/c16-13-8-3-9-14-12(13)7-4-10-18(14)15(19)17-11-5-1-2-6-11/h3,8-9,11H,1-2,4-7,10,16H2,(H,17,19). The van der Waals surface area contributed by atoms with Crippen LogP contribution >= 0.6 is 0 Å². The van der Waals surface area contributed by atoms with Crippen LogP contribution in [0.5, 0.6) is 0 Å². The van der Waals surface area contributed by atoms with Crippen molar-refractivity contribution < 1.29 is 4.79 Å². The molecule has 2 amide bonds. The van der Waals surface area contributed by atoms with Crippen molar-refractivity contribution in [3.05, 3.63) is 23.8 Å². The molecule has 1 aliphatic heterocycles. The minimum absolute atomic E-state index is 0.0402. The SMILES string of the molecule is Nc1cccc2c1CCCN2C(=O)NC1CCCC1. The Morgan fingerprint density at radius 1 is 1.26 bits per heavy atom. The molecule has 0 bridgehead atoms. The number of anilines is 2. The summed E-state index contributed by atoms with van der Waals surface area (Å²) in [5.41, 5.74) is 8.92. The Kier molecular flexibility index (Phi) is 3.32. The lowest BCUT2D eigenvalue weighted by Gasteiger charge is -2.31. The van der Waals surface area contributed by atoms with E-state index in [1.165, 1.54) is 12.8 Å². The van der Waals surface area contributed by atoms with Gasteiger partial charge in [0.15, 0.2) is 0 Å². The lowest BCUT2D eigenvalue weighted by atomic mass is 10.0. The maximum Gasteiger partial charge on any atom is 0.322 e. The zero-order chi connectivity index (χ0) is 13.2. The average molecular weight is 259 g/mol. The van der Waals surface area contributed by atoms with Gasteiger partial charge in [-0.1, -0.05) is 18.9 Å². The van der Waals surface area contributed by atoms with Crippen molar-refractivity contribution in [2.45, 2.75) is 44.6 Å². The van der Waals surface area contributed by atoms with Crippen LogP contribution in [0, 0.1) is 0 Å². The molecule has 102 valence electrons. The van der Waals surface area contributed by atoms with Crippen LogP contribution in [0.3, 0.4) is 0 Å². The number of fused-ring (bicyclic) bond motifs is 1. The number of nitrogens with one attached hydrogen (secondary N) is 1. The molecular formula is C15H21N3O. The predicted molar refractivity (Wildman–Crippen MR) is 77.3 cm³/mol. The molecule has 1 saturated carbocycles. The highest BCUT2D eigenvalue weighted by Gasteiger charge is 2.26. The van der Waals surface area contributed by atoms with Crippen molar-refractivity contribution in [1.29, 1.82) is 0 Å². The first-order chi connectivity index (χ1) is 9.25. The van der Waals surface area contributed by atoms with E-state index in [-0.39, 0.29) is 6.03 Å². The van der Waals surface area contributed by atoms with Gasteiger partial charge < -0.3 is 11.1 Å². The summed E-state index contributed by atoms with van der Waals surface area (Å²) in [6.07, 6.45) is 6.64. The van der Waals surface area contributed by atoms with Gasteiger partial charge in [-0.05, 0) is 43.4 Å². The van der Waals surface area contributed by atoms with Crippen LogP contribution in [-0.4, -0.2) is 18.6 Å². The summed E-state index contributed by atoms with van der Waals surface area (Å²) in [4.78, 5) is 14.3. The second-order valence-corrected chi connectivity index (χ2v) is 5.53. The van der Waals surface area contributed by atoms with Crippen LogP contribution in [0.25, 0.3) is 0 Å². The van der Waals surface area contributed by atoms with E-state index in [1.54, 1.807) is 0 Å². The molecule has 3 rings (SSSR count). The van der Waals surface area contributed by atoms with E-state index in [2.05, 4.69) is 5.32 Å². The second-order valence-electron chi connectivity index (χ2n) is 5.53. The largest absolute Gasteiger partial charge is 0.398 e. The molecule has 3 N–H and O–H groups in total. The molecule has 0 spiro atoms. The highest BCUT2D eigenvalue weighted by atomic mass is 16.2. The Morgan fingerprint density at radius 2 is 2.05 bits per heavy atom. The van der Waals surface area contributed by atoms with Gasteiger partial charge in [0.25, 0.3) is 0 Å². The van der Waals surface area contributed by atoms with Crippen molar-refractivity contribution in [2.24, 2.45) is 0 Å². The third-order valence-electron chi connectivity index (χ3n) is 4.21. The number of rotatable bonds is 1. The summed E-state index contributed by atoms with van der Waals surface area (Å²) in [7, 11) is 0. The van der Waals surface area contributed by atoms with Crippen molar-refractivity contribution in [1.82, 2.24) is 5.32 Å². The number of carbonyl (C=O) groups excluding carboxylic acids is 1. The van der Waals surface area contributed by atoms with Gasteiger partial charge in [-0.25, -0.2) is 4.79 Å². The van der Waals surface area contributed by atoms with E-state index in [0.29, 0.717) is 6.04 Å². The van der Waals surface area contributed by atoms with Crippen LogP contribution in [0.2, 0.25) is 0 Å². The molecule has 2 aliphatic rings. The number of nitrogens with two attached hydrogens (primary N) is 1. The minimum Gasteiger partial charge on any atom is -0.398 e. The average Bonchev–Trinajstić information content (AvgIpc) is 2.91. The minimum atomic E-state index is 0.0402. The number of urea groups is 1. The monoisotopic (exact) mass is 259 g/mol. The highest BCUT2D eigenvalue weighted by Crippen LogP contribution is 2.31. The van der Waals surface area contributed by atoms with Gasteiger partial charge in [-0.15, -0.1) is 0 Å². The third-order valence-corrected chi connectivity index (χ3v) is 4.21. The molecule has 1 aromatic carbocycles. The zero-order valence-electron chi connectivity index (χ0n) is 11.2. The van der Waals surface area contributed by atoms with Crippen LogP contribution in [0.15, 0.2) is 18.2 Å². The first kappa shape index (κ1) is 12.3. The summed E-state index contributed by atoms with van der Waals surface area (Å²) in [5.74, 6) is 0. The Bertz CT molecular complexity index is 480. The van der Waals surface area contributed by atoms with Crippen molar-refractivity contribution >= 4 is 17.4 Å². The van der Waals surface area contributed by atoms with E-state index in [4.69, 9.17) is 5.73 Å². The number of hydrogen-bond donors (Lipinski definition) is 2. The predicted octanol–water partition coefficient (Wildman–Crippen LogP) is 2.67. The number of hydrogen-bond acceptors (Lipinski definition) is 2. The topological polar surface area (TPSA) is 58.4 Å². The van der Waals surface area contributed by atoms with Gasteiger partial charge in [0.05, 0.1) is 5.69 Å². The van der Waals surface area contributed by atoms with Crippen LogP contribution in [0.4, 0.5) is 16.2 Å². The molecule has 0 saturated heterocycles. The molecule has 0 atom stereocenters. The summed E-state index contributed by atoms with van der Waals surface area (Å²) in [5, 5.41) is 3.16. The molecule has 1 heterocycles. The van der Waals surface area contributed by atoms with Gasteiger partial charge in [0, 0.05) is 18.3 Å². The fourth-order valence-electron chi connectivity index (χ4n) is 3.19. The molecule has 1 fully saturated rings. The van der Waals surface area contributed by atoms with E-state index in [9.17, 15) is 4.79 Å². The van der Waals surface area contributed by atoms with E-state index >= 15 is 0 Å². The Hall–Kier alpha value is -1.71. The lowest BCUT2D eigenvalue weighted by molar-refractivity contribution is 0.242. The summed E-state index contributed by atoms with van der Waals surface area (Å²) >= 11 is 0. The van der Waals surface area contributed by atoms with Crippen molar-refractivity contribution in [2.75, 3.05) is 17.2 Å². The Labute approximate surface area is 114 Å². The molecule has 1 aliphatic carbocycles. The summed E-state index contributed by atoms with van der Waals surface area (Å²) < 4.78 is 0. The van der Waals surface area contributed by atoms with E-state index < -0.39 is 0 Å². The number of nitrogen functional groups attached to an aromatic ring is 1. The fourth-order valence-corrected chi connectivity index (χ4v) is 3.19. The number of benzene rings is 1. The van der Waals surface area contributed by atoms with E-state index in [1.807, 2.05) is 23.1 Å². The molecule has 4 nitrogen and oxygen atoms in total. The first-order valence-electron chi connectivity index (χ1n) is 7.21. The van der Waals surface area contributed by atoms with Crippen LogP contribution in [0.1, 0.15) is 37.7 Å². The maximum absolute atomic E-state index is 12.4. The van der Waals surface area contributed by atoms with Gasteiger partial charge in [0.2, 0.25) is 0 Å². The van der Waals surface area contributed by atoms with Crippen molar-refractivity contribution in [3.8, 4) is 0 Å². The van der Waals surface area contributed by atoms with Gasteiger partial charge >= 0.3 is 6.03 Å². The smallest absolute Gasteiger partial charge is 0.322 e. The normalized spacial score (nSPS) is 19.3. The molecule has 19 heavy (non-hydrogen) atoms. The molecule has 1 aromatic rings. The molecule has 4 heteroatoms. The number of nitrogens with zero attached hydrogens (tertiary/aromatic N) is 1.